The molecule has 0 aliphatic rings. The van der Waals surface area contributed by atoms with Gasteiger partial charge in [-0.25, -0.2) is 0 Å². The van der Waals surface area contributed by atoms with Crippen LogP contribution in [0.4, 0.5) is 0 Å². The second-order valence-electron chi connectivity index (χ2n) is 4.42. The Balaban J connectivity index is 1.59. The molecule has 1 aromatic carbocycles. The summed E-state index contributed by atoms with van der Waals surface area (Å²) in [5.74, 6) is 2.96. The Bertz CT molecular complexity index is 573. The van der Waals surface area contributed by atoms with E-state index in [1.54, 1.807) is 30.6 Å². The van der Waals surface area contributed by atoms with E-state index < -0.39 is 0 Å². The summed E-state index contributed by atoms with van der Waals surface area (Å²) in [6.07, 6.45) is 0. The minimum absolute atomic E-state index is 0.00400. The Morgan fingerprint density at radius 3 is 2.77 bits per heavy atom. The van der Waals surface area contributed by atoms with E-state index in [1.165, 1.54) is 4.88 Å². The number of amides is 1. The molecule has 4 nitrogen and oxygen atoms in total. The van der Waals surface area contributed by atoms with Crippen LogP contribution < -0.4 is 14.8 Å². The zero-order chi connectivity index (χ0) is 15.6. The van der Waals surface area contributed by atoms with Crippen LogP contribution in [-0.4, -0.2) is 31.9 Å². The van der Waals surface area contributed by atoms with E-state index in [4.69, 9.17) is 9.47 Å². The number of thiophene rings is 1. The molecule has 0 aliphatic heterocycles. The Labute approximate surface area is 138 Å². The molecule has 6 heteroatoms. The third kappa shape index (κ3) is 5.61. The van der Waals surface area contributed by atoms with Crippen molar-refractivity contribution in [2.45, 2.75) is 5.75 Å². The molecule has 0 saturated heterocycles. The van der Waals surface area contributed by atoms with E-state index in [2.05, 4.69) is 22.8 Å². The molecular weight excluding hydrogens is 318 g/mol. The molecule has 1 amide bonds. The fraction of sp³-hybridized carbons (Fsp3) is 0.312. The van der Waals surface area contributed by atoms with Gasteiger partial charge >= 0.3 is 0 Å². The molecule has 1 N–H and O–H groups in total. The molecule has 2 aromatic rings. The number of thioether (sulfide) groups is 1. The monoisotopic (exact) mass is 337 g/mol. The van der Waals surface area contributed by atoms with Crippen LogP contribution in [0.25, 0.3) is 0 Å². The van der Waals surface area contributed by atoms with Crippen molar-refractivity contribution in [3.63, 3.8) is 0 Å². The van der Waals surface area contributed by atoms with Gasteiger partial charge in [-0.1, -0.05) is 18.2 Å². The highest BCUT2D eigenvalue weighted by molar-refractivity contribution is 7.98. The Hall–Kier alpha value is -1.66. The van der Waals surface area contributed by atoms with Gasteiger partial charge in [-0.05, 0) is 23.6 Å². The first kappa shape index (κ1) is 16.7. The summed E-state index contributed by atoms with van der Waals surface area (Å²) in [4.78, 5) is 13.1. The highest BCUT2D eigenvalue weighted by atomic mass is 32.2. The molecule has 1 heterocycles. The fourth-order valence-electron chi connectivity index (χ4n) is 1.76. The molecule has 0 aliphatic carbocycles. The Morgan fingerprint density at radius 1 is 1.23 bits per heavy atom. The average Bonchev–Trinajstić information content (AvgIpc) is 3.06. The van der Waals surface area contributed by atoms with E-state index >= 15 is 0 Å². The molecule has 22 heavy (non-hydrogen) atoms. The van der Waals surface area contributed by atoms with Gasteiger partial charge in [0.05, 0.1) is 7.11 Å². The van der Waals surface area contributed by atoms with Gasteiger partial charge in [-0.2, -0.15) is 11.8 Å². The summed E-state index contributed by atoms with van der Waals surface area (Å²) < 4.78 is 10.6. The summed E-state index contributed by atoms with van der Waals surface area (Å²) in [6, 6.07) is 11.5. The van der Waals surface area contributed by atoms with Gasteiger partial charge in [0.2, 0.25) is 0 Å². The zero-order valence-corrected chi connectivity index (χ0v) is 14.0. The van der Waals surface area contributed by atoms with E-state index in [-0.39, 0.29) is 12.5 Å². The zero-order valence-electron chi connectivity index (χ0n) is 12.4. The van der Waals surface area contributed by atoms with Crippen LogP contribution in [0.3, 0.4) is 0 Å². The number of para-hydroxylation sites is 2. The molecule has 2 rings (SSSR count). The van der Waals surface area contributed by atoms with Crippen LogP contribution in [0.5, 0.6) is 11.5 Å². The smallest absolute Gasteiger partial charge is 0.257 e. The summed E-state index contributed by atoms with van der Waals surface area (Å²) in [5, 5.41) is 4.92. The van der Waals surface area contributed by atoms with Crippen LogP contribution in [0.2, 0.25) is 0 Å². The first-order chi connectivity index (χ1) is 10.8. The van der Waals surface area contributed by atoms with Crippen molar-refractivity contribution in [2.75, 3.05) is 26.0 Å². The van der Waals surface area contributed by atoms with Crippen molar-refractivity contribution in [2.24, 2.45) is 0 Å². The number of hydrogen-bond acceptors (Lipinski definition) is 5. The summed E-state index contributed by atoms with van der Waals surface area (Å²) >= 11 is 3.56. The number of carbonyl (C=O) groups is 1. The molecule has 0 radical (unpaired) electrons. The molecule has 1 aromatic heterocycles. The number of rotatable bonds is 9. The van der Waals surface area contributed by atoms with Crippen LogP contribution in [-0.2, 0) is 10.5 Å². The molecule has 118 valence electrons. The van der Waals surface area contributed by atoms with Gasteiger partial charge in [0.1, 0.15) is 0 Å². The molecular formula is C16H19NO3S2. The lowest BCUT2D eigenvalue weighted by atomic mass is 10.3. The lowest BCUT2D eigenvalue weighted by Gasteiger charge is -2.10. The van der Waals surface area contributed by atoms with E-state index in [0.29, 0.717) is 18.0 Å². The fourth-order valence-corrected chi connectivity index (χ4v) is 3.46. The van der Waals surface area contributed by atoms with Crippen molar-refractivity contribution in [3.05, 3.63) is 46.7 Å². The van der Waals surface area contributed by atoms with Gasteiger partial charge in [-0.15, -0.1) is 11.3 Å². The van der Waals surface area contributed by atoms with Crippen molar-refractivity contribution in [3.8, 4) is 11.5 Å². The lowest BCUT2D eigenvalue weighted by Crippen LogP contribution is -2.30. The minimum atomic E-state index is -0.123. The van der Waals surface area contributed by atoms with Gasteiger partial charge in [0.25, 0.3) is 5.91 Å². The molecule has 0 spiro atoms. The first-order valence-electron chi connectivity index (χ1n) is 6.92. The summed E-state index contributed by atoms with van der Waals surface area (Å²) in [5.41, 5.74) is 0. The number of carbonyl (C=O) groups excluding carboxylic acids is 1. The van der Waals surface area contributed by atoms with Gasteiger partial charge in [0, 0.05) is 22.9 Å². The van der Waals surface area contributed by atoms with E-state index in [9.17, 15) is 4.79 Å². The van der Waals surface area contributed by atoms with Crippen molar-refractivity contribution in [1.82, 2.24) is 5.32 Å². The number of hydrogen-bond donors (Lipinski definition) is 1. The van der Waals surface area contributed by atoms with Crippen LogP contribution in [0.1, 0.15) is 4.88 Å². The summed E-state index contributed by atoms with van der Waals surface area (Å²) in [7, 11) is 1.58. The minimum Gasteiger partial charge on any atom is -0.493 e. The number of methoxy groups -OCH3 is 1. The normalized spacial score (nSPS) is 10.2. The predicted molar refractivity (Wildman–Crippen MR) is 92.0 cm³/mol. The third-order valence-corrected chi connectivity index (χ3v) is 4.89. The maximum Gasteiger partial charge on any atom is 0.257 e. The van der Waals surface area contributed by atoms with E-state index in [1.807, 2.05) is 23.9 Å². The number of nitrogens with one attached hydrogen (secondary N) is 1. The first-order valence-corrected chi connectivity index (χ1v) is 8.95. The van der Waals surface area contributed by atoms with Crippen molar-refractivity contribution < 1.29 is 14.3 Å². The molecule has 0 atom stereocenters. The lowest BCUT2D eigenvalue weighted by molar-refractivity contribution is -0.122. The van der Waals surface area contributed by atoms with Gasteiger partial charge < -0.3 is 14.8 Å². The summed E-state index contributed by atoms with van der Waals surface area (Å²) in [6.45, 7) is 0.639. The highest BCUT2D eigenvalue weighted by Gasteiger charge is 2.06. The average molecular weight is 337 g/mol. The van der Waals surface area contributed by atoms with Gasteiger partial charge in [0.15, 0.2) is 18.1 Å². The maximum absolute atomic E-state index is 11.7. The number of benzene rings is 1. The molecule has 0 saturated carbocycles. The van der Waals surface area contributed by atoms with Crippen molar-refractivity contribution in [1.29, 1.82) is 0 Å². The standard InChI is InChI=1S/C16H19NO3S2/c1-19-14-6-2-3-7-15(14)20-11-16(18)17-8-10-21-12-13-5-4-9-22-13/h2-7,9H,8,10-12H2,1H3,(H,17,18). The topological polar surface area (TPSA) is 47.6 Å². The second-order valence-corrected chi connectivity index (χ2v) is 6.56. The Morgan fingerprint density at radius 2 is 2.05 bits per heavy atom. The second kappa shape index (κ2) is 9.38. The molecule has 0 unspecified atom stereocenters. The quantitative estimate of drug-likeness (QED) is 0.714. The van der Waals surface area contributed by atoms with Crippen LogP contribution >= 0.6 is 23.1 Å². The maximum atomic E-state index is 11.7. The van der Waals surface area contributed by atoms with Crippen LogP contribution in [0, 0.1) is 0 Å². The molecule has 0 fully saturated rings. The molecule has 0 bridgehead atoms. The third-order valence-electron chi connectivity index (χ3n) is 2.82. The Kier molecular flexibility index (Phi) is 7.12. The van der Waals surface area contributed by atoms with Gasteiger partial charge in [-0.3, -0.25) is 4.79 Å². The highest BCUT2D eigenvalue weighted by Crippen LogP contribution is 2.25. The van der Waals surface area contributed by atoms with E-state index in [0.717, 1.165) is 11.5 Å². The van der Waals surface area contributed by atoms with Crippen molar-refractivity contribution >= 4 is 29.0 Å². The predicted octanol–water partition coefficient (Wildman–Crippen LogP) is 3.19. The largest absolute Gasteiger partial charge is 0.493 e. The number of ether oxygens (including phenoxy) is 2. The van der Waals surface area contributed by atoms with Crippen LogP contribution in [0.15, 0.2) is 41.8 Å². The SMILES string of the molecule is COc1ccccc1OCC(=O)NCCSCc1cccs1.